The third-order valence-corrected chi connectivity index (χ3v) is 1.82. The van der Waals surface area contributed by atoms with Crippen molar-refractivity contribution in [3.63, 3.8) is 0 Å². The maximum absolute atomic E-state index is 13.1. The van der Waals surface area contributed by atoms with Crippen LogP contribution in [0.5, 0.6) is 0 Å². The molecule has 0 bridgehead atoms. The molecule has 0 fully saturated rings. The Bertz CT molecular complexity index is 481. The van der Waals surface area contributed by atoms with E-state index >= 15 is 0 Å². The summed E-state index contributed by atoms with van der Waals surface area (Å²) in [5.74, 6) is -0.369. The molecule has 0 aliphatic carbocycles. The first-order valence-corrected chi connectivity index (χ1v) is 3.80. The summed E-state index contributed by atoms with van der Waals surface area (Å²) in [6.45, 7) is 0. The normalized spacial score (nSPS) is 10.2. The highest BCUT2D eigenvalue weighted by Gasteiger charge is 2.05. The van der Waals surface area contributed by atoms with Crippen LogP contribution in [0.3, 0.4) is 0 Å². The van der Waals surface area contributed by atoms with Crippen molar-refractivity contribution >= 4 is 5.65 Å². The van der Waals surface area contributed by atoms with Gasteiger partial charge in [-0.3, -0.25) is 0 Å². The Morgan fingerprint density at radius 1 is 1.62 bits per heavy atom. The van der Waals surface area contributed by atoms with Gasteiger partial charge in [-0.1, -0.05) is 0 Å². The van der Waals surface area contributed by atoms with Gasteiger partial charge in [-0.25, -0.2) is 9.37 Å². The monoisotopic (exact) mass is 175 g/mol. The summed E-state index contributed by atoms with van der Waals surface area (Å²) < 4.78 is 14.7. The Morgan fingerprint density at radius 3 is 3.23 bits per heavy atom. The van der Waals surface area contributed by atoms with Crippen LogP contribution in [-0.4, -0.2) is 9.38 Å². The molecule has 3 nitrogen and oxygen atoms in total. The standard InChI is InChI=1S/C9H6FN3/c10-8-2-1-5-13-7(3-4-11)6-12-9(8)13/h1-2,5-6H,3H2. The molecule has 13 heavy (non-hydrogen) atoms. The van der Waals surface area contributed by atoms with E-state index < -0.39 is 0 Å². The summed E-state index contributed by atoms with van der Waals surface area (Å²) in [6.07, 6.45) is 3.45. The topological polar surface area (TPSA) is 41.1 Å². The lowest BCUT2D eigenvalue weighted by Gasteiger charge is -1.96. The molecule has 0 amide bonds. The second-order valence-electron chi connectivity index (χ2n) is 2.63. The van der Waals surface area contributed by atoms with E-state index in [9.17, 15) is 4.39 Å². The lowest BCUT2D eigenvalue weighted by atomic mass is 10.3. The Labute approximate surface area is 74.1 Å². The smallest absolute Gasteiger partial charge is 0.173 e. The van der Waals surface area contributed by atoms with Gasteiger partial charge in [0.05, 0.1) is 24.4 Å². The Kier molecular flexibility index (Phi) is 1.71. The maximum Gasteiger partial charge on any atom is 0.173 e. The fourth-order valence-electron chi connectivity index (χ4n) is 1.24. The first kappa shape index (κ1) is 7.74. The first-order valence-electron chi connectivity index (χ1n) is 3.80. The predicted octanol–water partition coefficient (Wildman–Crippen LogP) is 1.54. The van der Waals surface area contributed by atoms with Crippen LogP contribution < -0.4 is 0 Å². The van der Waals surface area contributed by atoms with Gasteiger partial charge in [-0.15, -0.1) is 0 Å². The third-order valence-electron chi connectivity index (χ3n) is 1.82. The molecule has 0 saturated carbocycles. The number of pyridine rings is 1. The van der Waals surface area contributed by atoms with Gasteiger partial charge in [-0.2, -0.15) is 5.26 Å². The van der Waals surface area contributed by atoms with Crippen molar-refractivity contribution in [2.75, 3.05) is 0 Å². The van der Waals surface area contributed by atoms with Gasteiger partial charge < -0.3 is 4.40 Å². The van der Waals surface area contributed by atoms with E-state index in [2.05, 4.69) is 4.98 Å². The van der Waals surface area contributed by atoms with Gasteiger partial charge in [0, 0.05) is 6.20 Å². The van der Waals surface area contributed by atoms with Crippen LogP contribution in [-0.2, 0) is 6.42 Å². The molecule has 64 valence electrons. The maximum atomic E-state index is 13.1. The van der Waals surface area contributed by atoms with Crippen molar-refractivity contribution in [3.8, 4) is 6.07 Å². The number of imidazole rings is 1. The van der Waals surface area contributed by atoms with Gasteiger partial charge in [0.25, 0.3) is 0 Å². The highest BCUT2D eigenvalue weighted by Crippen LogP contribution is 2.10. The zero-order chi connectivity index (χ0) is 9.26. The van der Waals surface area contributed by atoms with E-state index in [0.717, 1.165) is 0 Å². The van der Waals surface area contributed by atoms with Crippen LogP contribution in [0, 0.1) is 17.1 Å². The first-order chi connectivity index (χ1) is 6.33. The van der Waals surface area contributed by atoms with E-state index in [1.165, 1.54) is 12.3 Å². The molecule has 0 aromatic carbocycles. The molecule has 2 aromatic rings. The highest BCUT2D eigenvalue weighted by molar-refractivity contribution is 5.42. The number of fused-ring (bicyclic) bond motifs is 1. The molecule has 2 aromatic heterocycles. The van der Waals surface area contributed by atoms with Crippen molar-refractivity contribution in [2.45, 2.75) is 6.42 Å². The number of aromatic nitrogens is 2. The lowest BCUT2D eigenvalue weighted by molar-refractivity contribution is 0.629. The molecule has 0 N–H and O–H groups in total. The molecule has 4 heteroatoms. The van der Waals surface area contributed by atoms with Crippen LogP contribution >= 0.6 is 0 Å². The molecule has 0 atom stereocenters. The van der Waals surface area contributed by atoms with Crippen molar-refractivity contribution in [1.82, 2.24) is 9.38 Å². The summed E-state index contributed by atoms with van der Waals surface area (Å²) >= 11 is 0. The molecule has 0 saturated heterocycles. The number of nitrogens with zero attached hydrogens (tertiary/aromatic N) is 3. The number of nitriles is 1. The van der Waals surface area contributed by atoms with Gasteiger partial charge in [0.2, 0.25) is 0 Å². The van der Waals surface area contributed by atoms with Crippen molar-refractivity contribution in [1.29, 1.82) is 5.26 Å². The van der Waals surface area contributed by atoms with Crippen LogP contribution in [0.15, 0.2) is 24.5 Å². The lowest BCUT2D eigenvalue weighted by Crippen LogP contribution is -1.92. The Morgan fingerprint density at radius 2 is 2.46 bits per heavy atom. The molecule has 0 unspecified atom stereocenters. The average Bonchev–Trinajstić information content (AvgIpc) is 2.51. The molecule has 0 spiro atoms. The average molecular weight is 175 g/mol. The second-order valence-corrected chi connectivity index (χ2v) is 2.63. The summed E-state index contributed by atoms with van der Waals surface area (Å²) in [7, 11) is 0. The fourth-order valence-corrected chi connectivity index (χ4v) is 1.24. The number of halogens is 1. The summed E-state index contributed by atoms with van der Waals surface area (Å²) in [4.78, 5) is 3.87. The molecule has 2 heterocycles. The molecule has 2 rings (SSSR count). The number of hydrogen-bond acceptors (Lipinski definition) is 2. The van der Waals surface area contributed by atoms with Crippen molar-refractivity contribution < 1.29 is 4.39 Å². The minimum Gasteiger partial charge on any atom is -0.301 e. The highest BCUT2D eigenvalue weighted by atomic mass is 19.1. The van der Waals surface area contributed by atoms with Crippen LogP contribution in [0.1, 0.15) is 5.69 Å². The zero-order valence-electron chi connectivity index (χ0n) is 6.74. The minimum absolute atomic E-state index is 0.241. The van der Waals surface area contributed by atoms with Gasteiger partial charge >= 0.3 is 0 Å². The van der Waals surface area contributed by atoms with Gasteiger partial charge in [0.1, 0.15) is 0 Å². The van der Waals surface area contributed by atoms with E-state index in [1.807, 2.05) is 6.07 Å². The summed E-state index contributed by atoms with van der Waals surface area (Å²) in [5, 5.41) is 8.48. The fraction of sp³-hybridized carbons (Fsp3) is 0.111. The van der Waals surface area contributed by atoms with Crippen LogP contribution in [0.4, 0.5) is 4.39 Å². The van der Waals surface area contributed by atoms with E-state index in [-0.39, 0.29) is 17.9 Å². The molecular formula is C9H6FN3. The summed E-state index contributed by atoms with van der Waals surface area (Å²) in [5.41, 5.74) is 0.977. The van der Waals surface area contributed by atoms with Crippen LogP contribution in [0.2, 0.25) is 0 Å². The molecular weight excluding hydrogens is 169 g/mol. The van der Waals surface area contributed by atoms with Crippen molar-refractivity contribution in [2.24, 2.45) is 0 Å². The third kappa shape index (κ3) is 1.14. The minimum atomic E-state index is -0.369. The Balaban J connectivity index is 2.70. The van der Waals surface area contributed by atoms with Gasteiger partial charge in [-0.05, 0) is 12.1 Å². The Hall–Kier alpha value is -1.89. The molecule has 0 radical (unpaired) electrons. The summed E-state index contributed by atoms with van der Waals surface area (Å²) in [6, 6.07) is 4.93. The molecule has 0 aliphatic heterocycles. The van der Waals surface area contributed by atoms with Gasteiger partial charge in [0.15, 0.2) is 11.5 Å². The zero-order valence-corrected chi connectivity index (χ0v) is 6.74. The SMILES string of the molecule is N#CCc1cnc2c(F)cccn12. The largest absolute Gasteiger partial charge is 0.301 e. The number of rotatable bonds is 1. The quantitative estimate of drug-likeness (QED) is 0.659. The number of hydrogen-bond donors (Lipinski definition) is 0. The van der Waals surface area contributed by atoms with E-state index in [0.29, 0.717) is 5.69 Å². The van der Waals surface area contributed by atoms with E-state index in [4.69, 9.17) is 5.26 Å². The predicted molar refractivity (Wildman–Crippen MR) is 44.5 cm³/mol. The van der Waals surface area contributed by atoms with Crippen molar-refractivity contribution in [3.05, 3.63) is 36.0 Å². The second kappa shape index (κ2) is 2.87. The molecule has 0 aliphatic rings. The van der Waals surface area contributed by atoms with Crippen LogP contribution in [0.25, 0.3) is 5.65 Å². The van der Waals surface area contributed by atoms with E-state index in [1.54, 1.807) is 16.7 Å².